The monoisotopic (exact) mass is 262 g/mol. The van der Waals surface area contributed by atoms with Crippen LogP contribution in [0.5, 0.6) is 5.75 Å². The minimum Gasteiger partial charge on any atom is -0.486 e. The molecule has 3 unspecified atom stereocenters. The number of ether oxygens (including phenoxy) is 3. The Labute approximate surface area is 110 Å². The molecular weight excluding hydrogens is 248 g/mol. The lowest BCUT2D eigenvalue weighted by atomic mass is 10.0. The van der Waals surface area contributed by atoms with Gasteiger partial charge in [-0.25, -0.2) is 4.79 Å². The highest BCUT2D eigenvalue weighted by Gasteiger charge is 2.50. The van der Waals surface area contributed by atoms with Crippen LogP contribution in [0.4, 0.5) is 0 Å². The van der Waals surface area contributed by atoms with Crippen molar-refractivity contribution in [3.63, 3.8) is 0 Å². The lowest BCUT2D eigenvalue weighted by Crippen LogP contribution is -2.30. The van der Waals surface area contributed by atoms with Gasteiger partial charge in [0.05, 0.1) is 0 Å². The van der Waals surface area contributed by atoms with E-state index in [1.807, 2.05) is 12.2 Å². The van der Waals surface area contributed by atoms with Crippen molar-refractivity contribution < 1.29 is 24.1 Å². The van der Waals surface area contributed by atoms with Crippen molar-refractivity contribution in [1.29, 1.82) is 0 Å². The van der Waals surface area contributed by atoms with E-state index in [-0.39, 0.29) is 17.8 Å². The van der Waals surface area contributed by atoms with Crippen molar-refractivity contribution in [3.8, 4) is 5.75 Å². The van der Waals surface area contributed by atoms with Gasteiger partial charge in [-0.15, -0.1) is 0 Å². The van der Waals surface area contributed by atoms with E-state index in [0.717, 1.165) is 0 Å². The molecule has 2 bridgehead atoms. The topological polar surface area (TPSA) is 65.0 Å². The normalized spacial score (nSPS) is 31.6. The third-order valence-corrected chi connectivity index (χ3v) is 3.47. The fourth-order valence-electron chi connectivity index (χ4n) is 2.48. The third kappa shape index (κ3) is 2.01. The van der Waals surface area contributed by atoms with Gasteiger partial charge >= 0.3 is 5.97 Å². The fraction of sp³-hybridized carbons (Fsp3) is 0.357. The summed E-state index contributed by atoms with van der Waals surface area (Å²) in [6.45, 7) is 0. The molecule has 3 rings (SSSR count). The average Bonchev–Trinajstić information content (AvgIpc) is 2.98. The molecular formula is C14H14O5. The maximum Gasteiger partial charge on any atom is 0.339 e. The van der Waals surface area contributed by atoms with Gasteiger partial charge in [-0.2, -0.15) is 0 Å². The smallest absolute Gasteiger partial charge is 0.339 e. The predicted octanol–water partition coefficient (Wildman–Crippen LogP) is 1.83. The van der Waals surface area contributed by atoms with Crippen molar-refractivity contribution in [3.05, 3.63) is 42.0 Å². The van der Waals surface area contributed by atoms with Crippen LogP contribution in [-0.2, 0) is 9.47 Å². The van der Waals surface area contributed by atoms with Crippen LogP contribution in [0.2, 0.25) is 0 Å². The Kier molecular flexibility index (Phi) is 2.80. The number of hydrogen-bond donors (Lipinski definition) is 1. The second-order valence-electron chi connectivity index (χ2n) is 4.62. The molecule has 1 N–H and O–H groups in total. The Morgan fingerprint density at radius 2 is 2.26 bits per heavy atom. The van der Waals surface area contributed by atoms with E-state index in [1.165, 1.54) is 6.07 Å². The highest BCUT2D eigenvalue weighted by molar-refractivity contribution is 5.90. The first-order chi connectivity index (χ1) is 9.13. The number of para-hydroxylation sites is 1. The minimum atomic E-state index is -1.00. The van der Waals surface area contributed by atoms with Crippen molar-refractivity contribution in [2.45, 2.75) is 24.4 Å². The zero-order chi connectivity index (χ0) is 13.5. The van der Waals surface area contributed by atoms with E-state index in [2.05, 4.69) is 0 Å². The van der Waals surface area contributed by atoms with Crippen molar-refractivity contribution in [1.82, 2.24) is 0 Å². The molecule has 100 valence electrons. The van der Waals surface area contributed by atoms with E-state index in [9.17, 15) is 4.79 Å². The summed E-state index contributed by atoms with van der Waals surface area (Å²) in [7, 11) is 1.58. The minimum absolute atomic E-state index is 0.153. The van der Waals surface area contributed by atoms with Crippen LogP contribution in [0.15, 0.2) is 36.4 Å². The van der Waals surface area contributed by atoms with E-state index in [4.69, 9.17) is 19.3 Å². The molecule has 2 aliphatic rings. The summed E-state index contributed by atoms with van der Waals surface area (Å²) < 4.78 is 16.8. The molecule has 19 heavy (non-hydrogen) atoms. The first kappa shape index (κ1) is 12.2. The standard InChI is InChI=1S/C14H14O5/c1-17-14-7-6-11(19-14)12(8-14)18-10-5-3-2-4-9(10)13(15)16/h2-7,11-12H,8H2,1H3,(H,15,16). The van der Waals surface area contributed by atoms with Gasteiger partial charge < -0.3 is 19.3 Å². The molecule has 1 fully saturated rings. The number of benzene rings is 1. The molecule has 0 spiro atoms. The van der Waals surface area contributed by atoms with Gasteiger partial charge in [0.25, 0.3) is 0 Å². The van der Waals surface area contributed by atoms with Gasteiger partial charge in [0.2, 0.25) is 0 Å². The quantitative estimate of drug-likeness (QED) is 0.839. The van der Waals surface area contributed by atoms with Gasteiger partial charge in [0, 0.05) is 13.5 Å². The molecule has 0 aliphatic carbocycles. The summed E-state index contributed by atoms with van der Waals surface area (Å²) in [5.74, 6) is -1.36. The second-order valence-corrected chi connectivity index (χ2v) is 4.62. The number of carbonyl (C=O) groups is 1. The number of aromatic carboxylic acids is 1. The van der Waals surface area contributed by atoms with Gasteiger partial charge in [-0.05, 0) is 18.2 Å². The van der Waals surface area contributed by atoms with Crippen LogP contribution >= 0.6 is 0 Å². The second kappa shape index (κ2) is 4.36. The van der Waals surface area contributed by atoms with Crippen LogP contribution in [0.1, 0.15) is 16.8 Å². The van der Waals surface area contributed by atoms with Crippen LogP contribution in [0.25, 0.3) is 0 Å². The van der Waals surface area contributed by atoms with Gasteiger partial charge in [0.15, 0.2) is 5.79 Å². The van der Waals surface area contributed by atoms with E-state index in [0.29, 0.717) is 12.2 Å². The summed E-state index contributed by atoms with van der Waals surface area (Å²) >= 11 is 0. The third-order valence-electron chi connectivity index (χ3n) is 3.47. The number of rotatable bonds is 4. The van der Waals surface area contributed by atoms with Crippen molar-refractivity contribution in [2.24, 2.45) is 0 Å². The number of fused-ring (bicyclic) bond motifs is 2. The molecule has 1 aromatic carbocycles. The van der Waals surface area contributed by atoms with Crippen LogP contribution in [0, 0.1) is 0 Å². The van der Waals surface area contributed by atoms with Gasteiger partial charge in [-0.3, -0.25) is 0 Å². The summed E-state index contributed by atoms with van der Waals surface area (Å²) in [5, 5.41) is 9.12. The molecule has 1 saturated heterocycles. The molecule has 0 amide bonds. The molecule has 2 aliphatic heterocycles. The summed E-state index contributed by atoms with van der Waals surface area (Å²) in [5.41, 5.74) is 0.153. The maximum atomic E-state index is 11.1. The molecule has 5 nitrogen and oxygen atoms in total. The predicted molar refractivity (Wildman–Crippen MR) is 66.2 cm³/mol. The average molecular weight is 262 g/mol. The van der Waals surface area contributed by atoms with E-state index < -0.39 is 11.8 Å². The van der Waals surface area contributed by atoms with E-state index in [1.54, 1.807) is 25.3 Å². The highest BCUT2D eigenvalue weighted by atomic mass is 16.7. The van der Waals surface area contributed by atoms with Gasteiger partial charge in [0.1, 0.15) is 23.5 Å². The van der Waals surface area contributed by atoms with Gasteiger partial charge in [-0.1, -0.05) is 18.2 Å². The molecule has 0 aromatic heterocycles. The maximum absolute atomic E-state index is 11.1. The summed E-state index contributed by atoms with van der Waals surface area (Å²) in [6, 6.07) is 6.59. The zero-order valence-electron chi connectivity index (χ0n) is 10.4. The number of hydrogen-bond acceptors (Lipinski definition) is 4. The number of carboxylic acid groups (broad SMARTS) is 1. The first-order valence-corrected chi connectivity index (χ1v) is 6.05. The molecule has 1 aromatic rings. The largest absolute Gasteiger partial charge is 0.486 e. The first-order valence-electron chi connectivity index (χ1n) is 6.05. The highest BCUT2D eigenvalue weighted by Crippen LogP contribution is 2.40. The Morgan fingerprint density at radius 1 is 1.47 bits per heavy atom. The Hall–Kier alpha value is -1.85. The SMILES string of the molecule is COC12C=CC(O1)C(Oc1ccccc1C(=O)O)C2. The summed E-state index contributed by atoms with van der Waals surface area (Å²) in [4.78, 5) is 11.1. The number of carboxylic acids is 1. The fourth-order valence-corrected chi connectivity index (χ4v) is 2.48. The molecule has 5 heteroatoms. The zero-order valence-corrected chi connectivity index (χ0v) is 10.4. The van der Waals surface area contributed by atoms with Crippen LogP contribution < -0.4 is 4.74 Å². The molecule has 2 heterocycles. The number of methoxy groups -OCH3 is 1. The Morgan fingerprint density at radius 3 is 2.95 bits per heavy atom. The van der Waals surface area contributed by atoms with Crippen LogP contribution in [-0.4, -0.2) is 36.2 Å². The summed E-state index contributed by atoms with van der Waals surface area (Å²) in [6.07, 6.45) is 3.90. The Balaban J connectivity index is 1.81. The molecule has 0 radical (unpaired) electrons. The molecule has 0 saturated carbocycles. The molecule has 3 atom stereocenters. The Bertz CT molecular complexity index is 538. The van der Waals surface area contributed by atoms with E-state index >= 15 is 0 Å². The van der Waals surface area contributed by atoms with Crippen molar-refractivity contribution in [2.75, 3.05) is 7.11 Å². The van der Waals surface area contributed by atoms with Crippen LogP contribution in [0.3, 0.4) is 0 Å². The lowest BCUT2D eigenvalue weighted by molar-refractivity contribution is -0.157. The van der Waals surface area contributed by atoms with Crippen molar-refractivity contribution >= 4 is 5.97 Å². The lowest BCUT2D eigenvalue weighted by Gasteiger charge is -2.22.